The van der Waals surface area contributed by atoms with Crippen molar-refractivity contribution >= 4 is 21.8 Å². The summed E-state index contributed by atoms with van der Waals surface area (Å²) in [6, 6.07) is 3.73. The number of likely N-dealkylation sites (N-methyl/N-ethyl adjacent to an activating group) is 1. The van der Waals surface area contributed by atoms with E-state index in [1.165, 1.54) is 0 Å². The van der Waals surface area contributed by atoms with E-state index in [0.717, 1.165) is 28.0 Å². The Balaban J connectivity index is 2.03. The minimum Gasteiger partial charge on any atom is -0.454 e. The predicted octanol–water partition coefficient (Wildman–Crippen LogP) is 2.43. The van der Waals surface area contributed by atoms with E-state index in [9.17, 15) is 4.79 Å². The number of rotatable bonds is 6. The molecular weight excluding hydrogens is 336 g/mol. The van der Waals surface area contributed by atoms with Gasteiger partial charge in [0.15, 0.2) is 11.5 Å². The lowest BCUT2D eigenvalue weighted by Crippen LogP contribution is -2.43. The van der Waals surface area contributed by atoms with E-state index in [-0.39, 0.29) is 18.7 Å². The summed E-state index contributed by atoms with van der Waals surface area (Å²) in [7, 11) is 1.66. The number of ether oxygens (including phenoxy) is 2. The van der Waals surface area contributed by atoms with Crippen LogP contribution in [-0.4, -0.2) is 25.8 Å². The van der Waals surface area contributed by atoms with Crippen LogP contribution in [0.1, 0.15) is 25.8 Å². The molecule has 0 bridgehead atoms. The first-order valence-electron chi connectivity index (χ1n) is 7.04. The summed E-state index contributed by atoms with van der Waals surface area (Å²) in [5, 5.41) is 6.01. The van der Waals surface area contributed by atoms with Crippen LogP contribution in [0.15, 0.2) is 16.6 Å². The average molecular weight is 357 g/mol. The van der Waals surface area contributed by atoms with Crippen molar-refractivity contribution in [3.63, 3.8) is 0 Å². The number of benzene rings is 1. The quantitative estimate of drug-likeness (QED) is 0.821. The normalized spacial score (nSPS) is 14.3. The molecule has 1 aliphatic rings. The molecule has 21 heavy (non-hydrogen) atoms. The van der Waals surface area contributed by atoms with Gasteiger partial charge in [-0.05, 0) is 46.0 Å². The van der Waals surface area contributed by atoms with E-state index in [1.54, 1.807) is 7.05 Å². The largest absolute Gasteiger partial charge is 0.454 e. The van der Waals surface area contributed by atoms with Crippen LogP contribution in [0, 0.1) is 5.92 Å². The maximum Gasteiger partial charge on any atom is 0.236 e. The highest BCUT2D eigenvalue weighted by Gasteiger charge is 2.20. The molecule has 0 radical (unpaired) electrons. The summed E-state index contributed by atoms with van der Waals surface area (Å²) in [5.41, 5.74) is 1.05. The molecule has 2 rings (SSSR count). The van der Waals surface area contributed by atoms with Crippen molar-refractivity contribution < 1.29 is 14.3 Å². The van der Waals surface area contributed by atoms with Gasteiger partial charge in [0.1, 0.15) is 0 Å². The fourth-order valence-electron chi connectivity index (χ4n) is 2.29. The minimum atomic E-state index is -0.195. The molecule has 0 aliphatic carbocycles. The van der Waals surface area contributed by atoms with Crippen molar-refractivity contribution in [1.82, 2.24) is 10.6 Å². The summed E-state index contributed by atoms with van der Waals surface area (Å²) in [4.78, 5) is 11.9. The van der Waals surface area contributed by atoms with Crippen LogP contribution in [0.25, 0.3) is 0 Å². The van der Waals surface area contributed by atoms with Gasteiger partial charge in [0.25, 0.3) is 0 Å². The second-order valence-electron chi connectivity index (χ2n) is 5.49. The molecule has 6 heteroatoms. The second kappa shape index (κ2) is 7.13. The number of amides is 1. The number of nitrogens with one attached hydrogen (secondary N) is 2. The van der Waals surface area contributed by atoms with Crippen LogP contribution in [-0.2, 0) is 11.3 Å². The van der Waals surface area contributed by atoms with Gasteiger partial charge in [-0.25, -0.2) is 0 Å². The van der Waals surface area contributed by atoms with Crippen LogP contribution in [0.5, 0.6) is 11.5 Å². The molecule has 0 saturated heterocycles. The van der Waals surface area contributed by atoms with Gasteiger partial charge in [-0.2, -0.15) is 0 Å². The Morgan fingerprint density at radius 3 is 2.81 bits per heavy atom. The van der Waals surface area contributed by atoms with E-state index in [4.69, 9.17) is 9.47 Å². The SMILES string of the molecule is CNC(=O)C(CC(C)C)NCc1cc(Br)c2c(c1)OCO2. The Labute approximate surface area is 133 Å². The molecule has 0 saturated carbocycles. The first kappa shape index (κ1) is 16.1. The molecule has 2 N–H and O–H groups in total. The van der Waals surface area contributed by atoms with Crippen LogP contribution < -0.4 is 20.1 Å². The van der Waals surface area contributed by atoms with E-state index < -0.39 is 0 Å². The molecule has 1 aliphatic heterocycles. The molecule has 1 aromatic carbocycles. The molecular formula is C15H21BrN2O3. The Bertz CT molecular complexity index is 520. The molecule has 0 spiro atoms. The fourth-order valence-corrected chi connectivity index (χ4v) is 2.90. The number of halogens is 1. The molecule has 1 unspecified atom stereocenters. The average Bonchev–Trinajstić information content (AvgIpc) is 2.91. The summed E-state index contributed by atoms with van der Waals surface area (Å²) in [6.45, 7) is 5.06. The zero-order chi connectivity index (χ0) is 15.4. The Kier molecular flexibility index (Phi) is 5.47. The van der Waals surface area contributed by atoms with Crippen LogP contribution in [0.3, 0.4) is 0 Å². The second-order valence-corrected chi connectivity index (χ2v) is 6.34. The molecule has 0 fully saturated rings. The zero-order valence-corrected chi connectivity index (χ0v) is 14.1. The van der Waals surface area contributed by atoms with Gasteiger partial charge >= 0.3 is 0 Å². The predicted molar refractivity (Wildman–Crippen MR) is 84.4 cm³/mol. The number of carbonyl (C=O) groups is 1. The fraction of sp³-hybridized carbons (Fsp3) is 0.533. The topological polar surface area (TPSA) is 59.6 Å². The summed E-state index contributed by atoms with van der Waals surface area (Å²) in [6.07, 6.45) is 0.797. The molecule has 5 nitrogen and oxygen atoms in total. The van der Waals surface area contributed by atoms with E-state index in [0.29, 0.717) is 12.5 Å². The van der Waals surface area contributed by atoms with E-state index in [1.807, 2.05) is 12.1 Å². The van der Waals surface area contributed by atoms with Gasteiger partial charge in [0, 0.05) is 13.6 Å². The van der Waals surface area contributed by atoms with Gasteiger partial charge in [-0.3, -0.25) is 4.79 Å². The van der Waals surface area contributed by atoms with E-state index >= 15 is 0 Å². The molecule has 1 atom stereocenters. The van der Waals surface area contributed by atoms with Crippen molar-refractivity contribution in [3.05, 3.63) is 22.2 Å². The van der Waals surface area contributed by atoms with Gasteiger partial charge < -0.3 is 20.1 Å². The molecule has 116 valence electrons. The van der Waals surface area contributed by atoms with Crippen LogP contribution in [0.4, 0.5) is 0 Å². The lowest BCUT2D eigenvalue weighted by atomic mass is 10.0. The standard InChI is InChI=1S/C15H21BrN2O3/c1-9(2)4-12(15(19)17-3)18-7-10-5-11(16)14-13(6-10)20-8-21-14/h5-6,9,12,18H,4,7-8H2,1-3H3,(H,17,19). The maximum atomic E-state index is 11.9. The van der Waals surface area contributed by atoms with Crippen molar-refractivity contribution in [2.45, 2.75) is 32.9 Å². The minimum absolute atomic E-state index is 0.0171. The maximum absolute atomic E-state index is 11.9. The van der Waals surface area contributed by atoms with Crippen molar-refractivity contribution in [2.75, 3.05) is 13.8 Å². The number of hydrogen-bond donors (Lipinski definition) is 2. The molecule has 0 aromatic heterocycles. The first-order valence-corrected chi connectivity index (χ1v) is 7.83. The highest BCUT2D eigenvalue weighted by atomic mass is 79.9. The highest BCUT2D eigenvalue weighted by molar-refractivity contribution is 9.10. The number of fused-ring (bicyclic) bond motifs is 1. The zero-order valence-electron chi connectivity index (χ0n) is 12.5. The smallest absolute Gasteiger partial charge is 0.236 e. The summed E-state index contributed by atoms with van der Waals surface area (Å²) >= 11 is 3.48. The Hall–Kier alpha value is -1.27. The third kappa shape index (κ3) is 4.11. The molecule has 1 aromatic rings. The first-order chi connectivity index (χ1) is 10.0. The molecule has 1 heterocycles. The van der Waals surface area contributed by atoms with Crippen molar-refractivity contribution in [3.8, 4) is 11.5 Å². The summed E-state index contributed by atoms with van der Waals surface area (Å²) < 4.78 is 11.6. The lowest BCUT2D eigenvalue weighted by molar-refractivity contribution is -0.123. The van der Waals surface area contributed by atoms with Gasteiger partial charge in [0.05, 0.1) is 10.5 Å². The lowest BCUT2D eigenvalue weighted by Gasteiger charge is -2.19. The number of hydrogen-bond acceptors (Lipinski definition) is 4. The van der Waals surface area contributed by atoms with Crippen molar-refractivity contribution in [1.29, 1.82) is 0 Å². The Morgan fingerprint density at radius 2 is 2.14 bits per heavy atom. The highest BCUT2D eigenvalue weighted by Crippen LogP contribution is 2.39. The van der Waals surface area contributed by atoms with Gasteiger partial charge in [-0.15, -0.1) is 0 Å². The van der Waals surface area contributed by atoms with Gasteiger partial charge in [0.2, 0.25) is 12.7 Å². The van der Waals surface area contributed by atoms with Crippen LogP contribution >= 0.6 is 15.9 Å². The number of carbonyl (C=O) groups excluding carboxylic acids is 1. The van der Waals surface area contributed by atoms with Gasteiger partial charge in [-0.1, -0.05) is 13.8 Å². The van der Waals surface area contributed by atoms with Crippen LogP contribution in [0.2, 0.25) is 0 Å². The Morgan fingerprint density at radius 1 is 1.38 bits per heavy atom. The molecule has 1 amide bonds. The monoisotopic (exact) mass is 356 g/mol. The summed E-state index contributed by atoms with van der Waals surface area (Å²) in [5.74, 6) is 1.94. The van der Waals surface area contributed by atoms with E-state index in [2.05, 4.69) is 40.4 Å². The third-order valence-electron chi connectivity index (χ3n) is 3.31. The third-order valence-corrected chi connectivity index (χ3v) is 3.90. The van der Waals surface area contributed by atoms with Crippen molar-refractivity contribution in [2.24, 2.45) is 5.92 Å².